The predicted molar refractivity (Wildman–Crippen MR) is 75.4 cm³/mol. The zero-order chi connectivity index (χ0) is 14.6. The molecule has 21 heavy (non-hydrogen) atoms. The van der Waals surface area contributed by atoms with Crippen molar-refractivity contribution in [3.8, 4) is 11.9 Å². The molecule has 5 heterocycles. The Morgan fingerprint density at radius 1 is 1.52 bits per heavy atom. The fourth-order valence-electron chi connectivity index (χ4n) is 4.62. The van der Waals surface area contributed by atoms with Gasteiger partial charge in [-0.25, -0.2) is 0 Å². The lowest BCUT2D eigenvalue weighted by molar-refractivity contribution is -0.921. The first-order chi connectivity index (χ1) is 10.2. The molecule has 0 radical (unpaired) electrons. The molecule has 0 unspecified atom stereocenters. The largest absolute Gasteiger partial charge is 0.420 e. The Bertz CT molecular complexity index is 662. The number of aryl methyl sites for hydroxylation is 1. The number of H-pyrrole nitrogens is 1. The molecule has 1 spiro atoms. The Balaban J connectivity index is 1.99. The minimum atomic E-state index is -0.295. The lowest BCUT2D eigenvalue weighted by atomic mass is 9.58. The molecule has 1 atom stereocenters. The molecular formula is C15H20N5O+. The molecule has 5 rings (SSSR count). The topological polar surface area (TPSA) is 92.2 Å². The molecule has 2 bridgehead atoms. The first kappa shape index (κ1) is 12.7. The van der Waals surface area contributed by atoms with Gasteiger partial charge >= 0.3 is 0 Å². The average molecular weight is 286 g/mol. The summed E-state index contributed by atoms with van der Waals surface area (Å²) in [6.07, 6.45) is 3.14. The van der Waals surface area contributed by atoms with Crippen LogP contribution in [0.1, 0.15) is 31.0 Å². The van der Waals surface area contributed by atoms with Crippen LogP contribution in [0.25, 0.3) is 0 Å². The van der Waals surface area contributed by atoms with Crippen molar-refractivity contribution < 1.29 is 9.64 Å². The maximum absolute atomic E-state index is 9.73. The highest BCUT2D eigenvalue weighted by Gasteiger charge is 2.58. The van der Waals surface area contributed by atoms with Crippen LogP contribution in [0.2, 0.25) is 0 Å². The van der Waals surface area contributed by atoms with Crippen molar-refractivity contribution in [3.05, 3.63) is 22.7 Å². The second-order valence-corrected chi connectivity index (χ2v) is 6.36. The number of piperidine rings is 3. The second-order valence-electron chi connectivity index (χ2n) is 6.36. The second kappa shape index (κ2) is 4.25. The van der Waals surface area contributed by atoms with Gasteiger partial charge in [-0.15, -0.1) is 5.10 Å². The number of nitriles is 1. The SMILES string of the molecule is CCc1[nH]nc2c1[C@]1(C[NH+]3CCC1CC3)C(C#N)=C(N)O2. The first-order valence-corrected chi connectivity index (χ1v) is 7.70. The molecule has 4 aliphatic heterocycles. The number of ether oxygens (including phenoxy) is 1. The number of fused-ring (bicyclic) bond motifs is 3. The molecule has 0 aromatic carbocycles. The number of aromatic amines is 1. The van der Waals surface area contributed by atoms with E-state index in [2.05, 4.69) is 23.2 Å². The summed E-state index contributed by atoms with van der Waals surface area (Å²) >= 11 is 0. The van der Waals surface area contributed by atoms with Gasteiger partial charge in [-0.3, -0.25) is 5.10 Å². The summed E-state index contributed by atoms with van der Waals surface area (Å²) in [6, 6.07) is 2.36. The van der Waals surface area contributed by atoms with Crippen LogP contribution in [0.3, 0.4) is 0 Å². The maximum Gasteiger partial charge on any atom is 0.244 e. The summed E-state index contributed by atoms with van der Waals surface area (Å²) in [5.41, 5.74) is 8.56. The molecule has 6 heteroatoms. The Morgan fingerprint density at radius 2 is 2.29 bits per heavy atom. The zero-order valence-corrected chi connectivity index (χ0v) is 12.2. The average Bonchev–Trinajstić information content (AvgIpc) is 2.92. The minimum Gasteiger partial charge on any atom is -0.420 e. The molecule has 4 N–H and O–H groups in total. The monoisotopic (exact) mass is 286 g/mol. The molecule has 4 aliphatic rings. The molecule has 3 fully saturated rings. The Hall–Kier alpha value is -2.00. The van der Waals surface area contributed by atoms with Crippen LogP contribution >= 0.6 is 0 Å². The van der Waals surface area contributed by atoms with E-state index in [4.69, 9.17) is 10.5 Å². The number of hydrogen-bond donors (Lipinski definition) is 3. The molecule has 110 valence electrons. The number of nitrogens with zero attached hydrogens (tertiary/aromatic N) is 2. The van der Waals surface area contributed by atoms with Crippen LogP contribution in [-0.2, 0) is 11.8 Å². The number of quaternary nitrogens is 1. The molecule has 6 nitrogen and oxygen atoms in total. The number of hydrogen-bond acceptors (Lipinski definition) is 4. The third kappa shape index (κ3) is 1.47. The van der Waals surface area contributed by atoms with Crippen LogP contribution in [0.5, 0.6) is 5.88 Å². The van der Waals surface area contributed by atoms with Crippen molar-refractivity contribution in [2.75, 3.05) is 19.6 Å². The van der Waals surface area contributed by atoms with Crippen molar-refractivity contribution >= 4 is 0 Å². The fourth-order valence-corrected chi connectivity index (χ4v) is 4.62. The summed E-state index contributed by atoms with van der Waals surface area (Å²) in [7, 11) is 0. The third-order valence-electron chi connectivity index (χ3n) is 5.54. The van der Waals surface area contributed by atoms with Gasteiger partial charge in [-0.2, -0.15) is 5.26 Å². The fraction of sp³-hybridized carbons (Fsp3) is 0.600. The number of nitrogens with two attached hydrogens (primary N) is 1. The van der Waals surface area contributed by atoms with Gasteiger partial charge in [0.1, 0.15) is 11.6 Å². The van der Waals surface area contributed by atoms with Crippen molar-refractivity contribution in [1.29, 1.82) is 5.26 Å². The Kier molecular flexibility index (Phi) is 2.57. The normalized spacial score (nSPS) is 33.7. The van der Waals surface area contributed by atoms with Crippen LogP contribution in [0.4, 0.5) is 0 Å². The molecule has 0 saturated carbocycles. The molecule has 0 aliphatic carbocycles. The third-order valence-corrected chi connectivity index (χ3v) is 5.54. The highest BCUT2D eigenvalue weighted by Crippen LogP contribution is 2.51. The van der Waals surface area contributed by atoms with E-state index in [1.807, 2.05) is 0 Å². The van der Waals surface area contributed by atoms with Gasteiger partial charge in [-0.05, 0) is 12.3 Å². The predicted octanol–water partition coefficient (Wildman–Crippen LogP) is -0.395. The molecule has 1 aromatic heterocycles. The van der Waals surface area contributed by atoms with Crippen LogP contribution in [0, 0.1) is 17.2 Å². The van der Waals surface area contributed by atoms with Crippen molar-refractivity contribution in [2.45, 2.75) is 31.6 Å². The number of nitrogens with one attached hydrogen (secondary N) is 2. The lowest BCUT2D eigenvalue weighted by Gasteiger charge is -2.51. The van der Waals surface area contributed by atoms with Gasteiger partial charge < -0.3 is 15.4 Å². The van der Waals surface area contributed by atoms with E-state index >= 15 is 0 Å². The van der Waals surface area contributed by atoms with E-state index in [1.54, 1.807) is 4.90 Å². The summed E-state index contributed by atoms with van der Waals surface area (Å²) in [5.74, 6) is 1.29. The molecule has 0 amide bonds. The summed E-state index contributed by atoms with van der Waals surface area (Å²) in [5, 5.41) is 17.1. The van der Waals surface area contributed by atoms with Gasteiger partial charge in [-0.1, -0.05) is 6.92 Å². The van der Waals surface area contributed by atoms with Crippen molar-refractivity contribution in [1.82, 2.24) is 10.2 Å². The van der Waals surface area contributed by atoms with Crippen LogP contribution in [0.15, 0.2) is 11.5 Å². The highest BCUT2D eigenvalue weighted by atomic mass is 16.5. The van der Waals surface area contributed by atoms with Gasteiger partial charge in [0.2, 0.25) is 11.8 Å². The van der Waals surface area contributed by atoms with Gasteiger partial charge in [0, 0.05) is 18.5 Å². The van der Waals surface area contributed by atoms with Crippen molar-refractivity contribution in [3.63, 3.8) is 0 Å². The zero-order valence-electron chi connectivity index (χ0n) is 12.2. The maximum atomic E-state index is 9.73. The Morgan fingerprint density at radius 3 is 2.86 bits per heavy atom. The first-order valence-electron chi connectivity index (χ1n) is 7.70. The van der Waals surface area contributed by atoms with Crippen LogP contribution < -0.4 is 15.4 Å². The quantitative estimate of drug-likeness (QED) is 0.655. The van der Waals surface area contributed by atoms with Gasteiger partial charge in [0.05, 0.1) is 30.6 Å². The number of rotatable bonds is 1. The number of aromatic nitrogens is 2. The summed E-state index contributed by atoms with van der Waals surface area (Å²) in [6.45, 7) is 5.43. The lowest BCUT2D eigenvalue weighted by Crippen LogP contribution is -3.17. The van der Waals surface area contributed by atoms with E-state index in [9.17, 15) is 5.26 Å². The van der Waals surface area contributed by atoms with Crippen molar-refractivity contribution in [2.24, 2.45) is 11.7 Å². The van der Waals surface area contributed by atoms with E-state index < -0.39 is 0 Å². The van der Waals surface area contributed by atoms with E-state index in [0.717, 1.165) is 37.1 Å². The summed E-state index contributed by atoms with van der Waals surface area (Å²) in [4.78, 5) is 1.56. The molecule has 3 saturated heterocycles. The molecule has 1 aromatic rings. The van der Waals surface area contributed by atoms with Crippen LogP contribution in [-0.4, -0.2) is 29.8 Å². The molecular weight excluding hydrogens is 266 g/mol. The highest BCUT2D eigenvalue weighted by molar-refractivity contribution is 5.55. The summed E-state index contributed by atoms with van der Waals surface area (Å²) < 4.78 is 5.64. The van der Waals surface area contributed by atoms with E-state index in [1.165, 1.54) is 13.1 Å². The van der Waals surface area contributed by atoms with E-state index in [-0.39, 0.29) is 11.3 Å². The minimum absolute atomic E-state index is 0.243. The van der Waals surface area contributed by atoms with E-state index in [0.29, 0.717) is 17.4 Å². The van der Waals surface area contributed by atoms with Gasteiger partial charge in [0.15, 0.2) is 0 Å². The smallest absolute Gasteiger partial charge is 0.244 e. The standard InChI is InChI=1S/C15H19N5O/c1-2-11-12-14(19-18-11)21-13(17)10(7-16)15(12)8-20-5-3-9(15)4-6-20/h9H,2-6,8,17H2,1H3,(H,18,19)/p+1/t15-/m0/s1. The Labute approximate surface area is 123 Å². The van der Waals surface area contributed by atoms with Gasteiger partial charge in [0.25, 0.3) is 0 Å².